The Kier molecular flexibility index (Phi) is 8.63. The summed E-state index contributed by atoms with van der Waals surface area (Å²) >= 11 is 0. The number of carbonyl (C=O) groups excluding carboxylic acids is 2. The molecular weight excluding hydrogens is 282 g/mol. The Balaban J connectivity index is 4.89. The maximum absolute atomic E-state index is 12.4. The standard InChI is InChI=1S/C16H33N3O3/c1-8-11(3)14(12(9-2)22-7)19(6)13(20)10-18-15(21)16(4,5)17/h11-12,14H,8-10,17H2,1-7H3,(H,18,21). The zero-order valence-electron chi connectivity index (χ0n) is 15.1. The Morgan fingerprint density at radius 1 is 1.27 bits per heavy atom. The van der Waals surface area contributed by atoms with E-state index in [9.17, 15) is 9.59 Å². The molecule has 0 saturated carbocycles. The third-order valence-electron chi connectivity index (χ3n) is 4.14. The fraction of sp³-hybridized carbons (Fsp3) is 0.875. The highest BCUT2D eigenvalue weighted by atomic mass is 16.5. The summed E-state index contributed by atoms with van der Waals surface area (Å²) < 4.78 is 5.53. The van der Waals surface area contributed by atoms with E-state index in [0.29, 0.717) is 5.92 Å². The van der Waals surface area contributed by atoms with Gasteiger partial charge in [-0.2, -0.15) is 0 Å². The number of nitrogens with two attached hydrogens (primary N) is 1. The van der Waals surface area contributed by atoms with E-state index in [1.165, 1.54) is 0 Å². The lowest BCUT2D eigenvalue weighted by molar-refractivity contribution is -0.138. The molecule has 0 aliphatic heterocycles. The zero-order chi connectivity index (χ0) is 17.5. The van der Waals surface area contributed by atoms with E-state index in [-0.39, 0.29) is 30.5 Å². The molecule has 0 saturated heterocycles. The molecular formula is C16H33N3O3. The van der Waals surface area contributed by atoms with Crippen LogP contribution in [0, 0.1) is 5.92 Å². The summed E-state index contributed by atoms with van der Waals surface area (Å²) in [5, 5.41) is 2.59. The second-order valence-corrected chi connectivity index (χ2v) is 6.47. The van der Waals surface area contributed by atoms with Crippen molar-refractivity contribution >= 4 is 11.8 Å². The molecule has 130 valence electrons. The van der Waals surface area contributed by atoms with E-state index >= 15 is 0 Å². The minimum Gasteiger partial charge on any atom is -0.379 e. The van der Waals surface area contributed by atoms with Crippen molar-refractivity contribution in [1.82, 2.24) is 10.2 Å². The molecule has 22 heavy (non-hydrogen) atoms. The normalized spacial score (nSPS) is 15.8. The largest absolute Gasteiger partial charge is 0.379 e. The molecule has 0 rings (SSSR count). The Morgan fingerprint density at radius 3 is 2.18 bits per heavy atom. The third-order valence-corrected chi connectivity index (χ3v) is 4.14. The topological polar surface area (TPSA) is 84.7 Å². The predicted octanol–water partition coefficient (Wildman–Crippen LogP) is 1.14. The molecule has 0 aromatic carbocycles. The molecule has 3 atom stereocenters. The number of hydrogen-bond donors (Lipinski definition) is 2. The van der Waals surface area contributed by atoms with Crippen LogP contribution in [0.3, 0.4) is 0 Å². The van der Waals surface area contributed by atoms with Crippen molar-refractivity contribution in [2.24, 2.45) is 11.7 Å². The van der Waals surface area contributed by atoms with Crippen LogP contribution >= 0.6 is 0 Å². The molecule has 0 spiro atoms. The smallest absolute Gasteiger partial charge is 0.242 e. The van der Waals surface area contributed by atoms with Crippen LogP contribution < -0.4 is 11.1 Å². The maximum atomic E-state index is 12.4. The first-order chi connectivity index (χ1) is 10.1. The first-order valence-electron chi connectivity index (χ1n) is 7.95. The number of nitrogens with one attached hydrogen (secondary N) is 1. The number of rotatable bonds is 9. The van der Waals surface area contributed by atoms with Crippen molar-refractivity contribution in [3.05, 3.63) is 0 Å². The van der Waals surface area contributed by atoms with Crippen molar-refractivity contribution < 1.29 is 14.3 Å². The number of nitrogens with zero attached hydrogens (tertiary/aromatic N) is 1. The van der Waals surface area contributed by atoms with E-state index in [2.05, 4.69) is 19.2 Å². The first-order valence-corrected chi connectivity index (χ1v) is 7.95. The number of ether oxygens (including phenoxy) is 1. The van der Waals surface area contributed by atoms with Gasteiger partial charge >= 0.3 is 0 Å². The summed E-state index contributed by atoms with van der Waals surface area (Å²) in [7, 11) is 3.43. The summed E-state index contributed by atoms with van der Waals surface area (Å²) in [5.74, 6) is -0.174. The molecule has 3 unspecified atom stereocenters. The van der Waals surface area contributed by atoms with Crippen LogP contribution in [0.25, 0.3) is 0 Å². The summed E-state index contributed by atoms with van der Waals surface area (Å²) in [6.07, 6.45) is 1.75. The minimum absolute atomic E-state index is 0.0183. The summed E-state index contributed by atoms with van der Waals surface area (Å²) in [4.78, 5) is 25.8. The van der Waals surface area contributed by atoms with Gasteiger partial charge < -0.3 is 20.7 Å². The van der Waals surface area contributed by atoms with Crippen molar-refractivity contribution in [3.8, 4) is 0 Å². The van der Waals surface area contributed by atoms with Gasteiger partial charge in [-0.3, -0.25) is 9.59 Å². The van der Waals surface area contributed by atoms with Crippen LogP contribution in [-0.2, 0) is 14.3 Å². The molecule has 0 heterocycles. The lowest BCUT2D eigenvalue weighted by Gasteiger charge is -2.37. The van der Waals surface area contributed by atoms with Crippen LogP contribution in [0.15, 0.2) is 0 Å². The maximum Gasteiger partial charge on any atom is 0.242 e. The molecule has 6 nitrogen and oxygen atoms in total. The van der Waals surface area contributed by atoms with E-state index in [4.69, 9.17) is 10.5 Å². The minimum atomic E-state index is -0.993. The molecule has 0 aliphatic rings. The number of amides is 2. The Labute approximate surface area is 134 Å². The van der Waals surface area contributed by atoms with Crippen LogP contribution in [0.1, 0.15) is 47.5 Å². The van der Waals surface area contributed by atoms with Gasteiger partial charge in [0.1, 0.15) is 0 Å². The van der Waals surface area contributed by atoms with Gasteiger partial charge in [-0.15, -0.1) is 0 Å². The molecule has 6 heteroatoms. The molecule has 0 aliphatic carbocycles. The van der Waals surface area contributed by atoms with Crippen LogP contribution in [0.2, 0.25) is 0 Å². The highest BCUT2D eigenvalue weighted by molar-refractivity contribution is 5.89. The van der Waals surface area contributed by atoms with Crippen molar-refractivity contribution in [1.29, 1.82) is 0 Å². The van der Waals surface area contributed by atoms with Gasteiger partial charge in [0.25, 0.3) is 0 Å². The van der Waals surface area contributed by atoms with Gasteiger partial charge in [-0.25, -0.2) is 0 Å². The van der Waals surface area contributed by atoms with Crippen LogP contribution in [0.4, 0.5) is 0 Å². The predicted molar refractivity (Wildman–Crippen MR) is 88.4 cm³/mol. The summed E-state index contributed by atoms with van der Waals surface area (Å²) in [5.41, 5.74) is 4.71. The van der Waals surface area contributed by atoms with E-state index in [1.807, 2.05) is 6.92 Å². The fourth-order valence-corrected chi connectivity index (χ4v) is 2.46. The molecule has 2 amide bonds. The zero-order valence-corrected chi connectivity index (χ0v) is 15.1. The van der Waals surface area contributed by atoms with Crippen LogP contribution in [0.5, 0.6) is 0 Å². The highest BCUT2D eigenvalue weighted by Crippen LogP contribution is 2.21. The van der Waals surface area contributed by atoms with Gasteiger partial charge in [0.05, 0.1) is 24.2 Å². The summed E-state index contributed by atoms with van der Waals surface area (Å²) in [6.45, 7) is 9.41. The second-order valence-electron chi connectivity index (χ2n) is 6.47. The highest BCUT2D eigenvalue weighted by Gasteiger charge is 2.32. The van der Waals surface area contributed by atoms with E-state index in [1.54, 1.807) is 32.9 Å². The lowest BCUT2D eigenvalue weighted by atomic mass is 9.91. The average Bonchev–Trinajstić information content (AvgIpc) is 2.47. The Bertz CT molecular complexity index is 362. The number of carbonyl (C=O) groups is 2. The monoisotopic (exact) mass is 315 g/mol. The molecule has 0 aromatic rings. The lowest BCUT2D eigenvalue weighted by Crippen LogP contribution is -2.54. The molecule has 0 radical (unpaired) electrons. The molecule has 0 fully saturated rings. The van der Waals surface area contributed by atoms with E-state index < -0.39 is 5.54 Å². The van der Waals surface area contributed by atoms with E-state index in [0.717, 1.165) is 12.8 Å². The quantitative estimate of drug-likeness (QED) is 0.668. The molecule has 3 N–H and O–H groups in total. The van der Waals surface area contributed by atoms with Crippen molar-refractivity contribution in [2.75, 3.05) is 20.7 Å². The van der Waals surface area contributed by atoms with Gasteiger partial charge in [-0.05, 0) is 26.2 Å². The Hall–Kier alpha value is -1.14. The van der Waals surface area contributed by atoms with Crippen molar-refractivity contribution in [3.63, 3.8) is 0 Å². The third kappa shape index (κ3) is 5.93. The van der Waals surface area contributed by atoms with Crippen LogP contribution in [-0.4, -0.2) is 55.1 Å². The molecule has 0 aromatic heterocycles. The number of likely N-dealkylation sites (N-methyl/N-ethyl adjacent to an activating group) is 1. The Morgan fingerprint density at radius 2 is 1.82 bits per heavy atom. The first kappa shape index (κ1) is 20.9. The van der Waals surface area contributed by atoms with Crippen molar-refractivity contribution in [2.45, 2.75) is 65.1 Å². The van der Waals surface area contributed by atoms with Gasteiger partial charge in [0, 0.05) is 14.2 Å². The number of methoxy groups -OCH3 is 1. The summed E-state index contributed by atoms with van der Waals surface area (Å²) in [6, 6.07) is -0.0183. The SMILES string of the molecule is CCC(C)C(C(CC)OC)N(C)C(=O)CNC(=O)C(C)(C)N. The second kappa shape index (κ2) is 9.10. The molecule has 0 bridgehead atoms. The average molecular weight is 315 g/mol. The van der Waals surface area contributed by atoms with Gasteiger partial charge in [0.2, 0.25) is 11.8 Å². The fourth-order valence-electron chi connectivity index (χ4n) is 2.46. The number of hydrogen-bond acceptors (Lipinski definition) is 4. The van der Waals surface area contributed by atoms with Gasteiger partial charge in [0.15, 0.2) is 0 Å². The van der Waals surface area contributed by atoms with Gasteiger partial charge in [-0.1, -0.05) is 27.2 Å².